The van der Waals surface area contributed by atoms with Crippen LogP contribution in [0.3, 0.4) is 0 Å². The summed E-state index contributed by atoms with van der Waals surface area (Å²) in [5.74, 6) is -1.22. The number of alkyl carbamates (subject to hydrolysis) is 2. The SMILES string of the molecule is O=C(NC(=O)c1ccc(Cl)cc1)OCCCCOC(=O)NC(=O)c1ccc(Cl)cc1. The molecule has 0 aliphatic heterocycles. The largest absolute Gasteiger partial charge is 0.449 e. The van der Waals surface area contributed by atoms with Crippen LogP contribution in [0.2, 0.25) is 10.0 Å². The highest BCUT2D eigenvalue weighted by molar-refractivity contribution is 6.31. The van der Waals surface area contributed by atoms with Gasteiger partial charge < -0.3 is 9.47 Å². The van der Waals surface area contributed by atoms with E-state index in [4.69, 9.17) is 32.7 Å². The first-order valence-corrected chi connectivity index (χ1v) is 9.58. The van der Waals surface area contributed by atoms with Gasteiger partial charge in [0.1, 0.15) is 0 Å². The van der Waals surface area contributed by atoms with E-state index in [2.05, 4.69) is 10.6 Å². The van der Waals surface area contributed by atoms with Crippen molar-refractivity contribution in [2.24, 2.45) is 0 Å². The number of amides is 4. The molecule has 2 rings (SSSR count). The summed E-state index contributed by atoms with van der Waals surface area (Å²) in [6.07, 6.45) is -0.994. The molecule has 2 N–H and O–H groups in total. The minimum absolute atomic E-state index is 0.0222. The molecular formula is C20H18Cl2N2O6. The highest BCUT2D eigenvalue weighted by Gasteiger charge is 2.12. The molecule has 0 atom stereocenters. The summed E-state index contributed by atoms with van der Waals surface area (Å²) in [6.45, 7) is 0.0445. The van der Waals surface area contributed by atoms with E-state index < -0.39 is 24.0 Å². The summed E-state index contributed by atoms with van der Waals surface area (Å²) in [7, 11) is 0. The van der Waals surface area contributed by atoms with Crippen molar-refractivity contribution in [2.75, 3.05) is 13.2 Å². The van der Waals surface area contributed by atoms with Crippen LogP contribution in [0.15, 0.2) is 48.5 Å². The standard InChI is InChI=1S/C20H18Cl2N2O6/c21-15-7-3-13(4-8-15)17(25)23-19(27)29-11-1-2-12-30-20(28)24-18(26)14-5-9-16(22)10-6-14/h3-10H,1-2,11-12H2,(H,23,25,27)(H,24,26,28). The van der Waals surface area contributed by atoms with Crippen molar-refractivity contribution in [3.63, 3.8) is 0 Å². The molecule has 0 radical (unpaired) electrons. The van der Waals surface area contributed by atoms with Crippen molar-refractivity contribution >= 4 is 47.2 Å². The number of imide groups is 2. The lowest BCUT2D eigenvalue weighted by molar-refractivity contribution is 0.0887. The molecular weight excluding hydrogens is 435 g/mol. The van der Waals surface area contributed by atoms with Crippen LogP contribution in [0.4, 0.5) is 9.59 Å². The van der Waals surface area contributed by atoms with Crippen molar-refractivity contribution in [2.45, 2.75) is 12.8 Å². The molecule has 0 saturated carbocycles. The smallest absolute Gasteiger partial charge is 0.414 e. The molecule has 0 saturated heterocycles. The number of hydrogen-bond donors (Lipinski definition) is 2. The number of carbonyl (C=O) groups excluding carboxylic acids is 4. The second-order valence-electron chi connectivity index (χ2n) is 5.90. The zero-order valence-electron chi connectivity index (χ0n) is 15.7. The van der Waals surface area contributed by atoms with E-state index in [0.717, 1.165) is 0 Å². The van der Waals surface area contributed by atoms with E-state index >= 15 is 0 Å². The maximum atomic E-state index is 11.8. The van der Waals surface area contributed by atoms with Gasteiger partial charge in [-0.1, -0.05) is 23.2 Å². The van der Waals surface area contributed by atoms with Gasteiger partial charge in [0.15, 0.2) is 0 Å². The van der Waals surface area contributed by atoms with Crippen LogP contribution in [0.5, 0.6) is 0 Å². The first-order chi connectivity index (χ1) is 14.3. The topological polar surface area (TPSA) is 111 Å². The van der Waals surface area contributed by atoms with Crippen molar-refractivity contribution in [1.82, 2.24) is 10.6 Å². The number of unbranched alkanes of at least 4 members (excludes halogenated alkanes) is 1. The zero-order chi connectivity index (χ0) is 21.9. The van der Waals surface area contributed by atoms with Crippen molar-refractivity contribution in [1.29, 1.82) is 0 Å². The molecule has 2 aromatic carbocycles. The maximum Gasteiger partial charge on any atom is 0.414 e. The summed E-state index contributed by atoms with van der Waals surface area (Å²) in [5.41, 5.74) is 0.535. The molecule has 2 aromatic rings. The molecule has 10 heteroatoms. The van der Waals surface area contributed by atoms with Gasteiger partial charge in [0.2, 0.25) is 0 Å². The minimum Gasteiger partial charge on any atom is -0.449 e. The van der Waals surface area contributed by atoms with E-state index in [1.807, 2.05) is 0 Å². The number of ether oxygens (including phenoxy) is 2. The van der Waals surface area contributed by atoms with Gasteiger partial charge in [-0.3, -0.25) is 20.2 Å². The molecule has 0 bridgehead atoms. The third kappa shape index (κ3) is 8.10. The Bertz CT molecular complexity index is 825. The van der Waals surface area contributed by atoms with Crippen LogP contribution < -0.4 is 10.6 Å². The van der Waals surface area contributed by atoms with Crippen molar-refractivity contribution in [3.8, 4) is 0 Å². The van der Waals surface area contributed by atoms with E-state index in [-0.39, 0.29) is 24.3 Å². The fraction of sp³-hybridized carbons (Fsp3) is 0.200. The Morgan fingerprint density at radius 1 is 0.633 bits per heavy atom. The van der Waals surface area contributed by atoms with E-state index in [1.54, 1.807) is 0 Å². The second-order valence-corrected chi connectivity index (χ2v) is 6.77. The summed E-state index contributed by atoms with van der Waals surface area (Å²) in [5, 5.41) is 5.11. The van der Waals surface area contributed by atoms with Gasteiger partial charge >= 0.3 is 12.2 Å². The van der Waals surface area contributed by atoms with E-state index in [9.17, 15) is 19.2 Å². The van der Waals surface area contributed by atoms with Gasteiger partial charge in [0.05, 0.1) is 13.2 Å². The highest BCUT2D eigenvalue weighted by atomic mass is 35.5. The minimum atomic E-state index is -0.887. The van der Waals surface area contributed by atoms with Crippen LogP contribution in [0.25, 0.3) is 0 Å². The van der Waals surface area contributed by atoms with Crippen molar-refractivity contribution < 1.29 is 28.7 Å². The Labute approximate surface area is 182 Å². The first-order valence-electron chi connectivity index (χ1n) is 8.82. The van der Waals surface area contributed by atoms with Gasteiger partial charge in [0, 0.05) is 21.2 Å². The molecule has 0 aromatic heterocycles. The second kappa shape index (κ2) is 11.8. The van der Waals surface area contributed by atoms with Gasteiger partial charge in [-0.15, -0.1) is 0 Å². The quantitative estimate of drug-likeness (QED) is 0.608. The number of rotatable bonds is 7. The summed E-state index contributed by atoms with van der Waals surface area (Å²) in [6, 6.07) is 12.0. The number of benzene rings is 2. The Balaban J connectivity index is 1.56. The van der Waals surface area contributed by atoms with E-state index in [0.29, 0.717) is 22.9 Å². The average Bonchev–Trinajstić information content (AvgIpc) is 2.71. The molecule has 8 nitrogen and oxygen atoms in total. The molecule has 0 fully saturated rings. The first kappa shape index (κ1) is 23.2. The predicted octanol–water partition coefficient (Wildman–Crippen LogP) is 4.21. The molecule has 30 heavy (non-hydrogen) atoms. The number of halogens is 2. The van der Waals surface area contributed by atoms with Crippen LogP contribution in [0.1, 0.15) is 33.6 Å². The summed E-state index contributed by atoms with van der Waals surface area (Å²) >= 11 is 11.5. The van der Waals surface area contributed by atoms with Crippen LogP contribution >= 0.6 is 23.2 Å². The fourth-order valence-electron chi connectivity index (χ4n) is 2.14. The molecule has 158 valence electrons. The zero-order valence-corrected chi connectivity index (χ0v) is 17.2. The van der Waals surface area contributed by atoms with Crippen LogP contribution in [-0.2, 0) is 9.47 Å². The predicted molar refractivity (Wildman–Crippen MR) is 110 cm³/mol. The van der Waals surface area contributed by atoms with Crippen LogP contribution in [-0.4, -0.2) is 37.2 Å². The normalized spacial score (nSPS) is 10.1. The Morgan fingerprint density at radius 2 is 0.967 bits per heavy atom. The summed E-state index contributed by atoms with van der Waals surface area (Å²) < 4.78 is 9.76. The molecule has 4 amide bonds. The molecule has 0 unspecified atom stereocenters. The van der Waals surface area contributed by atoms with Gasteiger partial charge in [-0.2, -0.15) is 0 Å². The third-order valence-corrected chi connectivity index (χ3v) is 4.15. The van der Waals surface area contributed by atoms with Gasteiger partial charge in [-0.05, 0) is 61.4 Å². The average molecular weight is 453 g/mol. The highest BCUT2D eigenvalue weighted by Crippen LogP contribution is 2.10. The van der Waals surface area contributed by atoms with Gasteiger partial charge in [0.25, 0.3) is 11.8 Å². The Morgan fingerprint density at radius 3 is 1.30 bits per heavy atom. The molecule has 0 aliphatic rings. The van der Waals surface area contributed by atoms with E-state index in [1.165, 1.54) is 48.5 Å². The van der Waals surface area contributed by atoms with Gasteiger partial charge in [-0.25, -0.2) is 9.59 Å². The lowest BCUT2D eigenvalue weighted by atomic mass is 10.2. The number of nitrogens with one attached hydrogen (secondary N) is 2. The molecule has 0 aliphatic carbocycles. The van der Waals surface area contributed by atoms with Crippen LogP contribution in [0, 0.1) is 0 Å². The number of carbonyl (C=O) groups is 4. The lowest BCUT2D eigenvalue weighted by Crippen LogP contribution is -2.31. The maximum absolute atomic E-state index is 11.8. The third-order valence-electron chi connectivity index (χ3n) is 3.65. The summed E-state index contributed by atoms with van der Waals surface area (Å²) in [4.78, 5) is 46.8. The Kier molecular flexibility index (Phi) is 9.11. The fourth-order valence-corrected chi connectivity index (χ4v) is 2.39. The number of hydrogen-bond acceptors (Lipinski definition) is 6. The molecule has 0 spiro atoms. The monoisotopic (exact) mass is 452 g/mol. The van der Waals surface area contributed by atoms with Crippen molar-refractivity contribution in [3.05, 3.63) is 69.7 Å². The molecule has 0 heterocycles. The lowest BCUT2D eigenvalue weighted by Gasteiger charge is -2.08. The Hall–Kier alpha value is -3.10.